The molecule has 0 aliphatic heterocycles. The summed E-state index contributed by atoms with van der Waals surface area (Å²) in [6.07, 6.45) is 0. The number of halogens is 3. The van der Waals surface area contributed by atoms with Crippen LogP contribution in [-0.4, -0.2) is 4.98 Å². The molecular formula is C12H8Cl3NZr. The summed E-state index contributed by atoms with van der Waals surface area (Å²) in [5, 5.41) is 2.67. The van der Waals surface area contributed by atoms with Gasteiger partial charge in [0.1, 0.15) is 0 Å². The molecule has 0 spiro atoms. The minimum absolute atomic E-state index is 0. The second-order valence-corrected chi connectivity index (χ2v) is 4.72. The van der Waals surface area contributed by atoms with Gasteiger partial charge in [-0.25, -0.2) is 0 Å². The summed E-state index contributed by atoms with van der Waals surface area (Å²) in [7, 11) is 0. The van der Waals surface area contributed by atoms with Gasteiger partial charge in [-0.3, -0.25) is 0 Å². The molecule has 1 aromatic heterocycles. The van der Waals surface area contributed by atoms with Crippen LogP contribution in [0.4, 0.5) is 0 Å². The van der Waals surface area contributed by atoms with Crippen LogP contribution in [0.3, 0.4) is 0 Å². The summed E-state index contributed by atoms with van der Waals surface area (Å²) < 4.78 is 1.39. The first-order chi connectivity index (χ1) is 6.86. The quantitative estimate of drug-likeness (QED) is 0.409. The van der Waals surface area contributed by atoms with Crippen molar-refractivity contribution in [3.63, 3.8) is 0 Å². The molecule has 1 nitrogen and oxygen atoms in total. The first kappa shape index (κ1) is 17.0. The average molecular weight is 364 g/mol. The molecule has 0 saturated carbocycles. The van der Waals surface area contributed by atoms with Gasteiger partial charge in [-0.2, -0.15) is 0 Å². The van der Waals surface area contributed by atoms with Crippen molar-refractivity contribution in [3.8, 4) is 0 Å². The Morgan fingerprint density at radius 1 is 0.765 bits per heavy atom. The van der Waals surface area contributed by atoms with Gasteiger partial charge in [0, 0.05) is 0 Å². The van der Waals surface area contributed by atoms with E-state index >= 15 is 0 Å². The van der Waals surface area contributed by atoms with Gasteiger partial charge in [-0.05, 0) is 0 Å². The normalized spacial score (nSPS) is 9.29. The maximum absolute atomic E-state index is 3.47. The Kier molecular flexibility index (Phi) is 6.80. The Labute approximate surface area is 133 Å². The number of benzene rings is 2. The third kappa shape index (κ3) is 2.88. The Morgan fingerprint density at radius 3 is 2.18 bits per heavy atom. The van der Waals surface area contributed by atoms with Crippen molar-refractivity contribution < 1.29 is 61.9 Å². The van der Waals surface area contributed by atoms with E-state index in [-0.39, 0.29) is 37.2 Å². The van der Waals surface area contributed by atoms with E-state index in [1.165, 1.54) is 49.8 Å². The van der Waals surface area contributed by atoms with Gasteiger partial charge in [-0.15, -0.1) is 0 Å². The molecule has 1 heterocycles. The zero-order chi connectivity index (χ0) is 9.54. The van der Waals surface area contributed by atoms with Crippen molar-refractivity contribution in [1.82, 2.24) is 4.98 Å². The van der Waals surface area contributed by atoms with Gasteiger partial charge in [0.25, 0.3) is 0 Å². The molecule has 0 saturated heterocycles. The van der Waals surface area contributed by atoms with Crippen molar-refractivity contribution in [2.45, 2.75) is 0 Å². The maximum atomic E-state index is 3.47. The molecule has 3 rings (SSSR count). The second kappa shape index (κ2) is 6.80. The molecule has 0 bridgehead atoms. The van der Waals surface area contributed by atoms with E-state index in [1.54, 1.807) is 0 Å². The van der Waals surface area contributed by atoms with E-state index in [0.717, 1.165) is 0 Å². The monoisotopic (exact) mass is 361 g/mol. The molecular weight excluding hydrogens is 356 g/mol. The summed E-state index contributed by atoms with van der Waals surface area (Å²) in [5.74, 6) is 0. The molecule has 0 atom stereocenters. The van der Waals surface area contributed by atoms with Crippen molar-refractivity contribution in [3.05, 3.63) is 42.5 Å². The van der Waals surface area contributed by atoms with Gasteiger partial charge < -0.3 is 37.2 Å². The minimum atomic E-state index is 0. The Morgan fingerprint density at radius 2 is 1.41 bits per heavy atom. The number of fused-ring (bicyclic) bond motifs is 3. The Bertz CT molecular complexity index is 621. The number of rotatable bonds is 0. The number of para-hydroxylation sites is 2. The third-order valence-electron chi connectivity index (χ3n) is 2.54. The second-order valence-electron chi connectivity index (χ2n) is 3.40. The number of hydrogen-bond donors (Lipinski definition) is 1. The fourth-order valence-electron chi connectivity index (χ4n) is 1.87. The van der Waals surface area contributed by atoms with Gasteiger partial charge in [0.15, 0.2) is 0 Å². The average Bonchev–Trinajstić information content (AvgIpc) is 2.59. The molecule has 0 aliphatic rings. The van der Waals surface area contributed by atoms with Gasteiger partial charge in [0.2, 0.25) is 0 Å². The molecule has 5 heteroatoms. The first-order valence-corrected chi connectivity index (χ1v) is 5.80. The van der Waals surface area contributed by atoms with Crippen LogP contribution in [0.2, 0.25) is 0 Å². The first-order valence-electron chi connectivity index (χ1n) is 4.57. The van der Waals surface area contributed by atoms with E-state index in [9.17, 15) is 0 Å². The zero-order valence-electron chi connectivity index (χ0n) is 8.68. The molecule has 2 aromatic carbocycles. The van der Waals surface area contributed by atoms with E-state index in [2.05, 4.69) is 47.4 Å². The molecule has 0 fully saturated rings. The Hall–Kier alpha value is -0.00688. The molecule has 0 aliphatic carbocycles. The number of aromatic amines is 1. The van der Waals surface area contributed by atoms with E-state index in [1.807, 2.05) is 0 Å². The van der Waals surface area contributed by atoms with Crippen LogP contribution < -0.4 is 40.5 Å². The summed E-state index contributed by atoms with van der Waals surface area (Å²) in [6, 6.07) is 14.9. The molecule has 0 unspecified atom stereocenters. The number of nitrogens with one attached hydrogen (secondary N) is 1. The topological polar surface area (TPSA) is 15.8 Å². The zero-order valence-corrected chi connectivity index (χ0v) is 13.4. The molecule has 3 aromatic rings. The van der Waals surface area contributed by atoms with Crippen LogP contribution >= 0.6 is 0 Å². The molecule has 0 radical (unpaired) electrons. The van der Waals surface area contributed by atoms with Crippen molar-refractivity contribution in [1.29, 1.82) is 0 Å². The summed E-state index contributed by atoms with van der Waals surface area (Å²) in [4.78, 5) is 3.47. The van der Waals surface area contributed by atoms with Crippen LogP contribution in [0.25, 0.3) is 21.8 Å². The van der Waals surface area contributed by atoms with Crippen LogP contribution in [-0.2, 0) is 24.7 Å². The van der Waals surface area contributed by atoms with Gasteiger partial charge in [-0.1, -0.05) is 0 Å². The van der Waals surface area contributed by atoms with Gasteiger partial charge in [0.05, 0.1) is 0 Å². The SMILES string of the molecule is [Cl-].[Cl-].[Cl-].[Zr+3][c]1cccc2c1[nH]c1ccccc12. The van der Waals surface area contributed by atoms with E-state index < -0.39 is 0 Å². The molecule has 86 valence electrons. The van der Waals surface area contributed by atoms with E-state index in [4.69, 9.17) is 0 Å². The number of aromatic nitrogens is 1. The summed E-state index contributed by atoms with van der Waals surface area (Å²) >= 11 is 1.46. The number of H-pyrrole nitrogens is 1. The predicted molar refractivity (Wildman–Crippen MR) is 55.4 cm³/mol. The summed E-state index contributed by atoms with van der Waals surface area (Å²) in [5.41, 5.74) is 2.53. The molecule has 1 N–H and O–H groups in total. The van der Waals surface area contributed by atoms with Crippen LogP contribution in [0.1, 0.15) is 0 Å². The molecule has 17 heavy (non-hydrogen) atoms. The van der Waals surface area contributed by atoms with Crippen molar-refractivity contribution >= 4 is 25.1 Å². The van der Waals surface area contributed by atoms with Gasteiger partial charge >= 0.3 is 97.2 Å². The fraction of sp³-hybridized carbons (Fsp3) is 0. The third-order valence-corrected chi connectivity index (χ3v) is 3.57. The van der Waals surface area contributed by atoms with Crippen molar-refractivity contribution in [2.24, 2.45) is 0 Å². The van der Waals surface area contributed by atoms with E-state index in [0.29, 0.717) is 0 Å². The number of hydrogen-bond acceptors (Lipinski definition) is 0. The van der Waals surface area contributed by atoms with Crippen LogP contribution in [0.15, 0.2) is 42.5 Å². The van der Waals surface area contributed by atoms with Crippen molar-refractivity contribution in [2.75, 3.05) is 0 Å². The predicted octanol–water partition coefficient (Wildman–Crippen LogP) is -6.49. The molecule has 0 amide bonds. The van der Waals surface area contributed by atoms with Crippen LogP contribution in [0, 0.1) is 0 Å². The Balaban J connectivity index is 0.000000853. The standard InChI is InChI=1S/C12H8N.3ClH.Zr/c1-3-7-11-9(5-1)10-6-2-4-8-12(10)13-11;;;;/h1-7,13H;3*1H;/q;;;;+3/p-3. The fourth-order valence-corrected chi connectivity index (χ4v) is 2.59. The van der Waals surface area contributed by atoms with Crippen LogP contribution in [0.5, 0.6) is 0 Å². The summed E-state index contributed by atoms with van der Waals surface area (Å²) in [6.45, 7) is 0.